The van der Waals surface area contributed by atoms with Gasteiger partial charge in [-0.3, -0.25) is 4.98 Å². The van der Waals surface area contributed by atoms with Crippen LogP contribution in [-0.4, -0.2) is 36.8 Å². The van der Waals surface area contributed by atoms with E-state index in [2.05, 4.69) is 393 Å². The number of rotatable bonds is 5. The molecule has 15 heteroatoms. The van der Waals surface area contributed by atoms with Gasteiger partial charge in [-0.05, 0) is 175 Å². The summed E-state index contributed by atoms with van der Waals surface area (Å²) in [4.78, 5) is 9.21. The Labute approximate surface area is 738 Å². The van der Waals surface area contributed by atoms with Gasteiger partial charge >= 0.3 is 5.82 Å². The van der Waals surface area contributed by atoms with Gasteiger partial charge in [0, 0.05) is 97.0 Å². The molecule has 14 aromatic carbocycles. The number of fused-ring (bicyclic) bond motifs is 26. The minimum absolute atomic E-state index is 0.260. The Morgan fingerprint density at radius 3 is 1.25 bits per heavy atom. The van der Waals surface area contributed by atoms with Crippen LogP contribution < -0.4 is 23.2 Å². The van der Waals surface area contributed by atoms with Crippen LogP contribution in [-0.2, 0) is 42.3 Å². The maximum atomic E-state index is 6.51. The lowest BCUT2D eigenvalue weighted by Crippen LogP contribution is -2.35. The van der Waals surface area contributed by atoms with E-state index in [0.717, 1.165) is 117 Å². The molecular weight excluding hydrogens is 1580 g/mol. The first kappa shape index (κ1) is 78.1. The van der Waals surface area contributed by atoms with Crippen molar-refractivity contribution in [3.63, 3.8) is 0 Å². The molecule has 11 aromatic heterocycles. The second-order valence-corrected chi connectivity index (χ2v) is 33.9. The summed E-state index contributed by atoms with van der Waals surface area (Å²) in [6.45, 7) is 13.1. The third-order valence-electron chi connectivity index (χ3n) is 26.7. The van der Waals surface area contributed by atoms with E-state index in [1.807, 2.05) is 72.9 Å². The zero-order valence-electron chi connectivity index (χ0n) is 73.8. The maximum absolute atomic E-state index is 6.51. The average Bonchev–Trinajstić information content (AvgIpc) is 1.52. The number of pyridine rings is 3. The van der Waals surface area contributed by atoms with E-state index < -0.39 is 0 Å². The van der Waals surface area contributed by atoms with E-state index in [-0.39, 0.29) is 6.17 Å². The Balaban J connectivity index is 0.0000000944. The molecule has 0 radical (unpaired) electrons. The summed E-state index contributed by atoms with van der Waals surface area (Å²) in [5.74, 6) is 3.35. The van der Waals surface area contributed by atoms with Crippen LogP contribution in [0.15, 0.2) is 351 Å². The quantitative estimate of drug-likeness (QED) is 0.157. The highest BCUT2D eigenvalue weighted by Crippen LogP contribution is 2.49. The number of hydrogen-bond donors (Lipinski definition) is 0. The zero-order chi connectivity index (χ0) is 87.2. The average molecular weight is 1670 g/mol. The lowest BCUT2D eigenvalue weighted by atomic mass is 9.94. The summed E-state index contributed by atoms with van der Waals surface area (Å²) in [5, 5.41) is 21.6. The lowest BCUT2D eigenvalue weighted by Gasteiger charge is -2.29. The smallest absolute Gasteiger partial charge is 0.330 e. The van der Waals surface area contributed by atoms with Crippen LogP contribution in [0.2, 0.25) is 0 Å². The van der Waals surface area contributed by atoms with E-state index in [9.17, 15) is 0 Å². The summed E-state index contributed by atoms with van der Waals surface area (Å²) >= 11 is 0. The number of benzene rings is 14. The molecule has 0 saturated heterocycles. The highest BCUT2D eigenvalue weighted by molar-refractivity contribution is 6.27. The standard InChI is InChI=1S/C26H21N2O.C22H19N2O.C22H20N2O.C22H17N2O.C21H17N2O/c1-16-17-10-4-5-11-18(17)24-19-12-6-9-15-22(19)29-25(24)23(16)26-27(2)20-13-7-8-14-21(20)28(26)3;1-14-15-8-4-5-9-16(15)20-17-10-6-7-11-18(17)25-21(20)19(14)22-23(2)12-13-24(22)3;1-14-16-8-4-5-9-17(16)20-18-10-6-7-11-19(18)25-22(20)21(14)24-13-12-23(3)15(24)2;1-14-15-9-7-12-23-21(15)20-16-8-3-4-11-18(16)25-22(20)19(14)17-10-5-6-13-24(17)2;1-14-8-7-13-23(14)21-20-19(16-10-4-6-12-18(16)24-20)15-9-3-5-11-17(15)22(21)2/h4-15H,1-3H3;4-13H,1-3H3;4-13,15H,1-3H3;3-13H,1-2H3;3-13H,1-2H3/q2*+1;;2*+1/t;;15-;;/m..0../s1. The fraction of sp³-hybridized carbons (Fsp3) is 0.124. The molecule has 1 aliphatic rings. The van der Waals surface area contributed by atoms with Crippen LogP contribution in [0, 0.1) is 34.6 Å². The third-order valence-corrected chi connectivity index (χ3v) is 26.7. The largest absolute Gasteiger partial charge is 0.455 e. The Hall–Kier alpha value is -15.9. The first-order chi connectivity index (χ1) is 62.5. The molecule has 0 bridgehead atoms. The Bertz CT molecular complexity index is 8820. The molecule has 0 fully saturated rings. The number of nitrogens with zero attached hydrogens (tertiary/aromatic N) is 10. The number of para-hydroxylation sites is 8. The summed E-state index contributed by atoms with van der Waals surface area (Å²) < 4.78 is 47.3. The topological polar surface area (TPSA) is 115 Å². The van der Waals surface area contributed by atoms with Crippen molar-refractivity contribution in [3.05, 3.63) is 356 Å². The van der Waals surface area contributed by atoms with Crippen LogP contribution in [0.1, 0.15) is 34.9 Å². The number of imidazole rings is 2. The molecule has 1 atom stereocenters. The molecule has 0 aliphatic carbocycles. The summed E-state index contributed by atoms with van der Waals surface area (Å²) in [6.07, 6.45) is 14.7. The zero-order valence-corrected chi connectivity index (χ0v) is 73.8. The summed E-state index contributed by atoms with van der Waals surface area (Å²) in [6, 6.07) is 98.9. The van der Waals surface area contributed by atoms with Crippen molar-refractivity contribution in [3.8, 4) is 39.9 Å². The Morgan fingerprint density at radius 2 is 0.750 bits per heavy atom. The highest BCUT2D eigenvalue weighted by atomic mass is 16.3. The van der Waals surface area contributed by atoms with Gasteiger partial charge in [-0.1, -0.05) is 194 Å². The van der Waals surface area contributed by atoms with Crippen molar-refractivity contribution in [2.24, 2.45) is 42.3 Å². The molecule has 128 heavy (non-hydrogen) atoms. The summed E-state index contributed by atoms with van der Waals surface area (Å²) in [7, 11) is 14.7. The third kappa shape index (κ3) is 12.2. The SMILES string of the molecule is Cc1c(-c2cccc[n+]2C)c2oc3ccccc3c2c2ncccc12.Cc1c(-c2n(C)c3ccccc3[n+]2C)c2oc3ccccc3c2c2ccccc12.Cc1c(-c2n(C)cc[n+]2C)c2oc3ccccc3c2c2ccccc12.Cc1c(N2C=CN(C)[C@@H]2C)c2oc3ccccc3c2c2ccccc12.Cc1cccn1-c1c2oc3ccccc3c2c2ccccc2[n+]1C. The number of furan rings is 5. The van der Waals surface area contributed by atoms with E-state index >= 15 is 0 Å². The Morgan fingerprint density at radius 1 is 0.328 bits per heavy atom. The van der Waals surface area contributed by atoms with Crippen LogP contribution in [0.5, 0.6) is 0 Å². The molecule has 25 aromatic rings. The minimum atomic E-state index is 0.260. The molecule has 26 rings (SSSR count). The van der Waals surface area contributed by atoms with Gasteiger partial charge in [0.25, 0.3) is 11.6 Å². The van der Waals surface area contributed by atoms with Gasteiger partial charge in [-0.25, -0.2) is 32.0 Å². The van der Waals surface area contributed by atoms with Crippen LogP contribution in [0.25, 0.3) is 215 Å². The van der Waals surface area contributed by atoms with E-state index in [1.54, 1.807) is 0 Å². The van der Waals surface area contributed by atoms with Crippen molar-refractivity contribution in [1.29, 1.82) is 0 Å². The fourth-order valence-corrected chi connectivity index (χ4v) is 20.4. The monoisotopic (exact) mass is 1670 g/mol. The predicted octanol–water partition coefficient (Wildman–Crippen LogP) is 26.1. The van der Waals surface area contributed by atoms with Gasteiger partial charge in [0.05, 0.1) is 63.6 Å². The minimum Gasteiger partial charge on any atom is -0.455 e. The molecule has 622 valence electrons. The molecule has 0 N–H and O–H groups in total. The second-order valence-electron chi connectivity index (χ2n) is 33.9. The van der Waals surface area contributed by atoms with Gasteiger partial charge in [0.2, 0.25) is 11.3 Å². The molecule has 0 unspecified atom stereocenters. The van der Waals surface area contributed by atoms with Gasteiger partial charge in [-0.2, -0.15) is 0 Å². The van der Waals surface area contributed by atoms with Gasteiger partial charge < -0.3 is 31.9 Å². The molecule has 0 spiro atoms. The van der Waals surface area contributed by atoms with Crippen molar-refractivity contribution in [1.82, 2.24) is 23.6 Å². The molecule has 0 saturated carbocycles. The fourth-order valence-electron chi connectivity index (χ4n) is 20.4. The van der Waals surface area contributed by atoms with E-state index in [0.29, 0.717) is 0 Å². The number of aromatic nitrogens is 8. The van der Waals surface area contributed by atoms with Crippen LogP contribution >= 0.6 is 0 Å². The highest BCUT2D eigenvalue weighted by Gasteiger charge is 2.34. The molecule has 12 heterocycles. The predicted molar refractivity (Wildman–Crippen MR) is 522 cm³/mol. The normalized spacial score (nSPS) is 12.9. The van der Waals surface area contributed by atoms with Crippen LogP contribution in [0.3, 0.4) is 0 Å². The molecule has 1 aliphatic heterocycles. The molecular formula is C113H94N10O5+4. The Kier molecular flexibility index (Phi) is 18.8. The lowest BCUT2D eigenvalue weighted by molar-refractivity contribution is -0.660. The number of aryl methyl sites for hydroxylation is 11. The van der Waals surface area contributed by atoms with Crippen molar-refractivity contribution >= 4 is 181 Å². The number of hydrogen-bond acceptors (Lipinski definition) is 8. The van der Waals surface area contributed by atoms with Crippen molar-refractivity contribution < 1.29 is 40.4 Å². The van der Waals surface area contributed by atoms with Crippen molar-refractivity contribution in [2.45, 2.75) is 47.7 Å². The van der Waals surface area contributed by atoms with Gasteiger partial charge in [-0.15, -0.1) is 0 Å². The molecule has 0 amide bonds. The van der Waals surface area contributed by atoms with Gasteiger partial charge in [0.15, 0.2) is 39.6 Å². The first-order valence-electron chi connectivity index (χ1n) is 43.6. The summed E-state index contributed by atoms with van der Waals surface area (Å²) in [5.41, 5.74) is 25.9. The van der Waals surface area contributed by atoms with Gasteiger partial charge in [0.1, 0.15) is 75.9 Å². The van der Waals surface area contributed by atoms with E-state index in [4.69, 9.17) is 22.1 Å². The van der Waals surface area contributed by atoms with E-state index in [1.165, 1.54) is 131 Å². The first-order valence-corrected chi connectivity index (χ1v) is 43.6. The number of anilines is 1. The maximum Gasteiger partial charge on any atom is 0.330 e. The molecule has 15 nitrogen and oxygen atoms in total. The van der Waals surface area contributed by atoms with Crippen LogP contribution in [0.4, 0.5) is 5.69 Å². The van der Waals surface area contributed by atoms with Crippen molar-refractivity contribution in [2.75, 3.05) is 11.9 Å². The second kappa shape index (κ2) is 30.8.